The molecule has 2 aliphatic heterocycles. The van der Waals surface area contributed by atoms with Crippen molar-refractivity contribution in [2.24, 2.45) is 5.92 Å². The first-order chi connectivity index (χ1) is 10.0. The van der Waals surface area contributed by atoms with Crippen LogP contribution < -0.4 is 5.32 Å². The minimum Gasteiger partial charge on any atom is -0.352 e. The predicted octanol–water partition coefficient (Wildman–Crippen LogP) is 3.36. The quantitative estimate of drug-likeness (QED) is 0.906. The van der Waals surface area contributed by atoms with E-state index in [1.165, 1.54) is 25.7 Å². The third kappa shape index (κ3) is 3.16. The molecule has 21 heavy (non-hydrogen) atoms. The molecule has 0 aromatic heterocycles. The van der Waals surface area contributed by atoms with Gasteiger partial charge in [-0.25, -0.2) is 0 Å². The van der Waals surface area contributed by atoms with Crippen LogP contribution in [0.4, 0.5) is 0 Å². The van der Waals surface area contributed by atoms with Gasteiger partial charge in [0.2, 0.25) is 0 Å². The van der Waals surface area contributed by atoms with E-state index in [0.717, 1.165) is 34.2 Å². The molecule has 1 aromatic carbocycles. The summed E-state index contributed by atoms with van der Waals surface area (Å²) in [5.74, 6) is 0.667. The van der Waals surface area contributed by atoms with Crippen molar-refractivity contribution in [1.82, 2.24) is 10.2 Å². The van der Waals surface area contributed by atoms with Gasteiger partial charge in [-0.3, -0.25) is 4.79 Å². The van der Waals surface area contributed by atoms with E-state index >= 15 is 0 Å². The number of piperidine rings is 1. The number of nitrogens with zero attached hydrogens (tertiary/aromatic N) is 1. The number of hydrogen-bond donors (Lipinski definition) is 1. The molecule has 114 valence electrons. The summed E-state index contributed by atoms with van der Waals surface area (Å²) in [6.45, 7) is 2.83. The molecule has 1 N–H and O–H groups in total. The molecule has 2 bridgehead atoms. The Morgan fingerprint density at radius 3 is 2.62 bits per heavy atom. The molecule has 2 aliphatic rings. The van der Waals surface area contributed by atoms with Crippen LogP contribution in [0.25, 0.3) is 0 Å². The van der Waals surface area contributed by atoms with E-state index in [1.807, 2.05) is 25.1 Å². The molecular weight excluding hydrogens is 328 g/mol. The second-order valence-corrected chi connectivity index (χ2v) is 7.44. The Hall–Kier alpha value is -0.870. The van der Waals surface area contributed by atoms with Crippen molar-refractivity contribution >= 4 is 21.8 Å². The number of rotatable bonds is 3. The van der Waals surface area contributed by atoms with Gasteiger partial charge >= 0.3 is 0 Å². The first-order valence-corrected chi connectivity index (χ1v) is 8.60. The molecular formula is C17H23BrN2O. The smallest absolute Gasteiger partial charge is 0.252 e. The first-order valence-electron chi connectivity index (χ1n) is 7.81. The van der Waals surface area contributed by atoms with Gasteiger partial charge in [-0.05, 0) is 79.2 Å². The third-order valence-electron chi connectivity index (χ3n) is 5.12. The number of amides is 1. The number of aryl methyl sites for hydroxylation is 1. The fraction of sp³-hybridized carbons (Fsp3) is 0.588. The van der Waals surface area contributed by atoms with Crippen LogP contribution in [0.3, 0.4) is 0 Å². The van der Waals surface area contributed by atoms with Gasteiger partial charge < -0.3 is 10.2 Å². The summed E-state index contributed by atoms with van der Waals surface area (Å²) < 4.78 is 0.878. The Balaban J connectivity index is 1.57. The number of carbonyl (C=O) groups is 1. The molecule has 2 fully saturated rings. The molecule has 2 unspecified atom stereocenters. The summed E-state index contributed by atoms with van der Waals surface area (Å²) in [6.07, 6.45) is 5.11. The lowest BCUT2D eigenvalue weighted by molar-refractivity contribution is 0.0917. The Morgan fingerprint density at radius 1 is 1.33 bits per heavy atom. The maximum Gasteiger partial charge on any atom is 0.252 e. The van der Waals surface area contributed by atoms with Crippen molar-refractivity contribution in [2.75, 3.05) is 13.6 Å². The second-order valence-electron chi connectivity index (χ2n) is 6.58. The zero-order valence-electron chi connectivity index (χ0n) is 12.7. The van der Waals surface area contributed by atoms with E-state index in [9.17, 15) is 4.79 Å². The standard InChI is InChI=1S/C17H23BrN2O/c1-11-3-6-15(16(18)7-11)17(21)19-10-12-8-13-4-5-14(9-12)20(13)2/h3,6-7,12-14H,4-5,8-10H2,1-2H3,(H,19,21). The number of nitrogens with one attached hydrogen (secondary N) is 1. The molecule has 2 saturated heterocycles. The van der Waals surface area contributed by atoms with Gasteiger partial charge in [0.15, 0.2) is 0 Å². The van der Waals surface area contributed by atoms with Crippen molar-refractivity contribution in [2.45, 2.75) is 44.7 Å². The molecule has 4 heteroatoms. The fourth-order valence-corrected chi connectivity index (χ4v) is 4.50. The summed E-state index contributed by atoms with van der Waals surface area (Å²) in [4.78, 5) is 14.8. The minimum absolute atomic E-state index is 0.0353. The fourth-order valence-electron chi connectivity index (χ4n) is 3.83. The molecule has 0 saturated carbocycles. The highest BCUT2D eigenvalue weighted by Gasteiger charge is 2.38. The largest absolute Gasteiger partial charge is 0.352 e. The van der Waals surface area contributed by atoms with Gasteiger partial charge in [0.05, 0.1) is 5.56 Å². The van der Waals surface area contributed by atoms with Crippen LogP contribution in [0, 0.1) is 12.8 Å². The van der Waals surface area contributed by atoms with E-state index in [-0.39, 0.29) is 5.91 Å². The minimum atomic E-state index is 0.0353. The second kappa shape index (κ2) is 6.09. The van der Waals surface area contributed by atoms with Gasteiger partial charge in [0, 0.05) is 23.1 Å². The average Bonchev–Trinajstić information content (AvgIpc) is 2.67. The SMILES string of the molecule is Cc1ccc(C(=O)NCC2CC3CCC(C2)N3C)c(Br)c1. The van der Waals surface area contributed by atoms with Crippen molar-refractivity contribution in [1.29, 1.82) is 0 Å². The average molecular weight is 351 g/mol. The first kappa shape index (κ1) is 15.0. The summed E-state index contributed by atoms with van der Waals surface area (Å²) in [5.41, 5.74) is 1.89. The maximum absolute atomic E-state index is 12.3. The third-order valence-corrected chi connectivity index (χ3v) is 5.77. The lowest BCUT2D eigenvalue weighted by Gasteiger charge is -2.36. The molecule has 1 aromatic rings. The zero-order valence-corrected chi connectivity index (χ0v) is 14.3. The van der Waals surface area contributed by atoms with Crippen LogP contribution in [0.5, 0.6) is 0 Å². The number of hydrogen-bond acceptors (Lipinski definition) is 2. The van der Waals surface area contributed by atoms with Gasteiger partial charge in [-0.15, -0.1) is 0 Å². The van der Waals surface area contributed by atoms with E-state index < -0.39 is 0 Å². The van der Waals surface area contributed by atoms with E-state index in [4.69, 9.17) is 0 Å². The molecule has 0 aliphatic carbocycles. The number of fused-ring (bicyclic) bond motifs is 2. The summed E-state index contributed by atoms with van der Waals surface area (Å²) in [7, 11) is 2.25. The number of carbonyl (C=O) groups excluding carboxylic acids is 1. The monoisotopic (exact) mass is 350 g/mol. The maximum atomic E-state index is 12.3. The Labute approximate surface area is 135 Å². The van der Waals surface area contributed by atoms with Crippen LogP contribution in [-0.2, 0) is 0 Å². The Bertz CT molecular complexity index is 532. The summed E-state index contributed by atoms with van der Waals surface area (Å²) in [6, 6.07) is 7.33. The Kier molecular flexibility index (Phi) is 4.36. The van der Waals surface area contributed by atoms with Crippen LogP contribution in [-0.4, -0.2) is 36.5 Å². The van der Waals surface area contributed by atoms with Crippen molar-refractivity contribution in [3.8, 4) is 0 Å². The molecule has 3 rings (SSSR count). The zero-order chi connectivity index (χ0) is 15.0. The van der Waals surface area contributed by atoms with Gasteiger partial charge in [0.25, 0.3) is 5.91 Å². The molecule has 2 heterocycles. The molecule has 1 amide bonds. The highest BCUT2D eigenvalue weighted by Crippen LogP contribution is 2.37. The van der Waals surface area contributed by atoms with Gasteiger partial charge in [0.1, 0.15) is 0 Å². The van der Waals surface area contributed by atoms with Crippen LogP contribution >= 0.6 is 15.9 Å². The summed E-state index contributed by atoms with van der Waals surface area (Å²) in [5, 5.41) is 3.13. The lowest BCUT2D eigenvalue weighted by Crippen LogP contribution is -2.43. The van der Waals surface area contributed by atoms with Crippen molar-refractivity contribution in [3.63, 3.8) is 0 Å². The van der Waals surface area contributed by atoms with Crippen LogP contribution in [0.15, 0.2) is 22.7 Å². The molecule has 2 atom stereocenters. The molecule has 0 radical (unpaired) electrons. The highest BCUT2D eigenvalue weighted by atomic mass is 79.9. The van der Waals surface area contributed by atoms with E-state index in [0.29, 0.717) is 5.92 Å². The van der Waals surface area contributed by atoms with E-state index in [1.54, 1.807) is 0 Å². The Morgan fingerprint density at radius 2 is 2.00 bits per heavy atom. The molecule has 3 nitrogen and oxygen atoms in total. The van der Waals surface area contributed by atoms with Crippen LogP contribution in [0.2, 0.25) is 0 Å². The lowest BCUT2D eigenvalue weighted by atomic mass is 9.91. The van der Waals surface area contributed by atoms with Gasteiger partial charge in [-0.1, -0.05) is 6.07 Å². The normalized spacial score (nSPS) is 28.6. The van der Waals surface area contributed by atoms with Crippen molar-refractivity contribution < 1.29 is 4.79 Å². The number of benzene rings is 1. The molecule has 0 spiro atoms. The predicted molar refractivity (Wildman–Crippen MR) is 88.5 cm³/mol. The topological polar surface area (TPSA) is 32.3 Å². The summed E-state index contributed by atoms with van der Waals surface area (Å²) >= 11 is 3.48. The van der Waals surface area contributed by atoms with E-state index in [2.05, 4.69) is 33.2 Å². The highest BCUT2D eigenvalue weighted by molar-refractivity contribution is 9.10. The van der Waals surface area contributed by atoms with Crippen molar-refractivity contribution in [3.05, 3.63) is 33.8 Å². The van der Waals surface area contributed by atoms with Gasteiger partial charge in [-0.2, -0.15) is 0 Å². The van der Waals surface area contributed by atoms with Crippen LogP contribution in [0.1, 0.15) is 41.6 Å². The number of halogens is 1.